The Morgan fingerprint density at radius 1 is 0.970 bits per heavy atom. The van der Waals surface area contributed by atoms with Gasteiger partial charge in [-0.15, -0.1) is 0 Å². The van der Waals surface area contributed by atoms with Crippen LogP contribution >= 0.6 is 0 Å². The van der Waals surface area contributed by atoms with Gasteiger partial charge in [-0.3, -0.25) is 9.63 Å². The lowest BCUT2D eigenvalue weighted by molar-refractivity contribution is -0.158. The van der Waals surface area contributed by atoms with Gasteiger partial charge in [-0.1, -0.05) is 55.5 Å². The zero-order valence-electron chi connectivity index (χ0n) is 18.9. The van der Waals surface area contributed by atoms with Crippen LogP contribution in [-0.4, -0.2) is 42.3 Å². The molecule has 0 aliphatic heterocycles. The van der Waals surface area contributed by atoms with Gasteiger partial charge in [-0.05, 0) is 47.9 Å². The van der Waals surface area contributed by atoms with Gasteiger partial charge in [-0.25, -0.2) is 15.1 Å². The first-order chi connectivity index (χ1) is 15.9. The van der Waals surface area contributed by atoms with E-state index in [1.807, 2.05) is 31.2 Å². The fourth-order valence-corrected chi connectivity index (χ4v) is 3.85. The van der Waals surface area contributed by atoms with Gasteiger partial charge in [0.15, 0.2) is 6.10 Å². The van der Waals surface area contributed by atoms with E-state index in [0.717, 1.165) is 0 Å². The number of amides is 2. The summed E-state index contributed by atoms with van der Waals surface area (Å²) in [6.45, 7) is 4.02. The Balaban J connectivity index is 1.36. The SMILES string of the molecule is CC(CCNC(=O)OCC1c2ccccc2-c2ccccc21)CCC(=O)NOC(C)C(=O)O. The van der Waals surface area contributed by atoms with Gasteiger partial charge in [0.1, 0.15) is 6.61 Å². The van der Waals surface area contributed by atoms with Crippen LogP contribution in [0.3, 0.4) is 0 Å². The Kier molecular flexibility index (Phi) is 8.43. The molecule has 33 heavy (non-hydrogen) atoms. The quantitative estimate of drug-likeness (QED) is 0.445. The van der Waals surface area contributed by atoms with E-state index in [2.05, 4.69) is 35.1 Å². The standard InChI is InChI=1S/C25H30N2O6/c1-16(11-12-23(28)27-33-17(2)24(29)30)13-14-26-25(31)32-15-22-20-9-5-3-7-18(20)19-8-4-6-10-21(19)22/h3-10,16-17,22H,11-15H2,1-2H3,(H,26,31)(H,27,28)(H,29,30). The highest BCUT2D eigenvalue weighted by Gasteiger charge is 2.28. The van der Waals surface area contributed by atoms with Gasteiger partial charge in [0, 0.05) is 18.9 Å². The number of hydroxylamine groups is 1. The second-order valence-electron chi connectivity index (χ2n) is 8.31. The van der Waals surface area contributed by atoms with Crippen molar-refractivity contribution in [3.8, 4) is 11.1 Å². The molecule has 1 aliphatic carbocycles. The lowest BCUT2D eigenvalue weighted by Crippen LogP contribution is -2.32. The molecule has 3 N–H and O–H groups in total. The summed E-state index contributed by atoms with van der Waals surface area (Å²) in [5, 5.41) is 11.5. The normalized spacial score (nSPS) is 14.0. The summed E-state index contributed by atoms with van der Waals surface area (Å²) in [4.78, 5) is 39.3. The molecule has 0 radical (unpaired) electrons. The van der Waals surface area contributed by atoms with E-state index in [9.17, 15) is 14.4 Å². The van der Waals surface area contributed by atoms with Crippen LogP contribution in [-0.2, 0) is 19.2 Å². The van der Waals surface area contributed by atoms with E-state index in [1.165, 1.54) is 29.2 Å². The van der Waals surface area contributed by atoms with Crippen LogP contribution in [0.25, 0.3) is 11.1 Å². The van der Waals surface area contributed by atoms with Crippen LogP contribution < -0.4 is 10.8 Å². The molecule has 0 saturated heterocycles. The van der Waals surface area contributed by atoms with Crippen molar-refractivity contribution in [2.45, 2.75) is 45.1 Å². The maximum absolute atomic E-state index is 12.2. The fraction of sp³-hybridized carbons (Fsp3) is 0.400. The molecule has 176 valence electrons. The van der Waals surface area contributed by atoms with Crippen molar-refractivity contribution in [1.29, 1.82) is 0 Å². The molecular formula is C25H30N2O6. The number of ether oxygens (including phenoxy) is 1. The zero-order chi connectivity index (χ0) is 23.8. The molecule has 0 aromatic heterocycles. The number of carboxylic acid groups (broad SMARTS) is 1. The van der Waals surface area contributed by atoms with Crippen LogP contribution in [0.5, 0.6) is 0 Å². The minimum Gasteiger partial charge on any atom is -0.479 e. The lowest BCUT2D eigenvalue weighted by atomic mass is 9.98. The molecule has 1 aliphatic rings. The number of alkyl carbamates (subject to hydrolysis) is 1. The molecule has 0 fully saturated rings. The number of nitrogens with one attached hydrogen (secondary N) is 2. The van der Waals surface area contributed by atoms with Gasteiger partial charge < -0.3 is 15.2 Å². The fourth-order valence-electron chi connectivity index (χ4n) is 3.85. The van der Waals surface area contributed by atoms with Gasteiger partial charge in [0.05, 0.1) is 0 Å². The maximum atomic E-state index is 12.2. The molecule has 0 heterocycles. The summed E-state index contributed by atoms with van der Waals surface area (Å²) in [5.41, 5.74) is 6.84. The Hall–Kier alpha value is -3.39. The number of hydrogen-bond donors (Lipinski definition) is 3. The molecule has 8 nitrogen and oxygen atoms in total. The Labute approximate surface area is 193 Å². The number of fused-ring (bicyclic) bond motifs is 3. The van der Waals surface area contributed by atoms with Crippen molar-refractivity contribution >= 4 is 18.0 Å². The van der Waals surface area contributed by atoms with Crippen molar-refractivity contribution < 1.29 is 29.1 Å². The monoisotopic (exact) mass is 454 g/mol. The van der Waals surface area contributed by atoms with E-state index in [1.54, 1.807) is 0 Å². The molecule has 2 aromatic rings. The highest BCUT2D eigenvalue weighted by Crippen LogP contribution is 2.44. The maximum Gasteiger partial charge on any atom is 0.407 e. The van der Waals surface area contributed by atoms with Crippen LogP contribution in [0.15, 0.2) is 48.5 Å². The zero-order valence-corrected chi connectivity index (χ0v) is 18.9. The third-order valence-corrected chi connectivity index (χ3v) is 5.81. The first-order valence-electron chi connectivity index (χ1n) is 11.1. The third-order valence-electron chi connectivity index (χ3n) is 5.81. The van der Waals surface area contributed by atoms with Crippen LogP contribution in [0.4, 0.5) is 4.79 Å². The number of hydrogen-bond acceptors (Lipinski definition) is 5. The minimum absolute atomic E-state index is 0.0200. The number of aliphatic carboxylic acids is 1. The second kappa shape index (κ2) is 11.5. The Bertz CT molecular complexity index is 947. The molecular weight excluding hydrogens is 424 g/mol. The average molecular weight is 455 g/mol. The topological polar surface area (TPSA) is 114 Å². The van der Waals surface area contributed by atoms with Crippen molar-refractivity contribution in [2.24, 2.45) is 5.92 Å². The number of carboxylic acids is 1. The summed E-state index contributed by atoms with van der Waals surface area (Å²) >= 11 is 0. The van der Waals surface area contributed by atoms with Crippen LogP contribution in [0.1, 0.15) is 50.2 Å². The molecule has 0 spiro atoms. The molecule has 8 heteroatoms. The summed E-state index contributed by atoms with van der Waals surface area (Å²) < 4.78 is 5.51. The van der Waals surface area contributed by atoms with E-state index >= 15 is 0 Å². The molecule has 3 rings (SSSR count). The first kappa shape index (κ1) is 24.3. The van der Waals surface area contributed by atoms with E-state index in [0.29, 0.717) is 19.4 Å². The molecule has 0 saturated carbocycles. The predicted molar refractivity (Wildman–Crippen MR) is 122 cm³/mol. The smallest absolute Gasteiger partial charge is 0.407 e. The molecule has 2 aromatic carbocycles. The minimum atomic E-state index is -1.15. The summed E-state index contributed by atoms with van der Waals surface area (Å²) in [7, 11) is 0. The van der Waals surface area contributed by atoms with Crippen LogP contribution in [0, 0.1) is 5.92 Å². The van der Waals surface area contributed by atoms with Gasteiger partial charge in [0.2, 0.25) is 5.91 Å². The Morgan fingerprint density at radius 2 is 1.58 bits per heavy atom. The number of carbonyl (C=O) groups is 3. The van der Waals surface area contributed by atoms with E-state index < -0.39 is 18.2 Å². The molecule has 0 bridgehead atoms. The Morgan fingerprint density at radius 3 is 2.18 bits per heavy atom. The van der Waals surface area contributed by atoms with Gasteiger partial charge in [0.25, 0.3) is 0 Å². The predicted octanol–water partition coefficient (Wildman–Crippen LogP) is 3.85. The first-order valence-corrected chi connectivity index (χ1v) is 11.1. The third kappa shape index (κ3) is 6.55. The van der Waals surface area contributed by atoms with Crippen molar-refractivity contribution in [1.82, 2.24) is 10.8 Å². The average Bonchev–Trinajstić information content (AvgIpc) is 3.13. The lowest BCUT2D eigenvalue weighted by Gasteiger charge is -2.15. The second-order valence-corrected chi connectivity index (χ2v) is 8.31. The molecule has 2 amide bonds. The van der Waals surface area contributed by atoms with Gasteiger partial charge >= 0.3 is 12.1 Å². The van der Waals surface area contributed by atoms with E-state index in [4.69, 9.17) is 14.7 Å². The summed E-state index contributed by atoms with van der Waals surface area (Å²) in [5.74, 6) is -1.32. The molecule has 2 unspecified atom stereocenters. The summed E-state index contributed by atoms with van der Waals surface area (Å²) in [6, 6.07) is 16.4. The molecule has 2 atom stereocenters. The van der Waals surface area contributed by atoms with Crippen molar-refractivity contribution in [3.63, 3.8) is 0 Å². The number of carbonyl (C=O) groups excluding carboxylic acids is 2. The highest BCUT2D eigenvalue weighted by molar-refractivity contribution is 5.79. The highest BCUT2D eigenvalue weighted by atomic mass is 16.7. The number of rotatable bonds is 11. The van der Waals surface area contributed by atoms with Gasteiger partial charge in [-0.2, -0.15) is 0 Å². The largest absolute Gasteiger partial charge is 0.479 e. The van der Waals surface area contributed by atoms with Crippen molar-refractivity contribution in [3.05, 3.63) is 59.7 Å². The van der Waals surface area contributed by atoms with E-state index in [-0.39, 0.29) is 30.8 Å². The summed E-state index contributed by atoms with van der Waals surface area (Å²) in [6.07, 6.45) is -0.0867. The van der Waals surface area contributed by atoms with Crippen molar-refractivity contribution in [2.75, 3.05) is 13.2 Å². The van der Waals surface area contributed by atoms with Crippen LogP contribution in [0.2, 0.25) is 0 Å². The number of benzene rings is 2.